The molecule has 0 spiro atoms. The lowest BCUT2D eigenvalue weighted by molar-refractivity contribution is -0.141. The number of benzene rings is 2. The Kier molecular flexibility index (Phi) is 5.49. The van der Waals surface area contributed by atoms with Gasteiger partial charge in [-0.15, -0.1) is 11.3 Å². The molecule has 1 aliphatic heterocycles. The number of hydrogen-bond donors (Lipinski definition) is 1. The van der Waals surface area contributed by atoms with E-state index in [4.69, 9.17) is 9.47 Å². The molecule has 0 fully saturated rings. The summed E-state index contributed by atoms with van der Waals surface area (Å²) in [6.45, 7) is 0.144. The van der Waals surface area contributed by atoms with Crippen molar-refractivity contribution in [3.05, 3.63) is 76.9 Å². The Labute approximate surface area is 194 Å². The van der Waals surface area contributed by atoms with Crippen LogP contribution in [0.3, 0.4) is 0 Å². The Morgan fingerprint density at radius 2 is 1.91 bits per heavy atom. The van der Waals surface area contributed by atoms with Crippen molar-refractivity contribution in [2.45, 2.75) is 6.18 Å². The molecule has 1 amide bonds. The minimum atomic E-state index is -4.63. The van der Waals surface area contributed by atoms with Crippen molar-refractivity contribution >= 4 is 23.5 Å². The average Bonchev–Trinajstić information content (AvgIpc) is 3.57. The van der Waals surface area contributed by atoms with E-state index < -0.39 is 17.8 Å². The number of amides is 1. The number of rotatable bonds is 5. The third-order valence-corrected chi connectivity index (χ3v) is 5.57. The van der Waals surface area contributed by atoms with Crippen molar-refractivity contribution in [3.8, 4) is 27.9 Å². The fraction of sp³-hybridized carbons (Fsp3) is 0.0909. The number of halogens is 3. The summed E-state index contributed by atoms with van der Waals surface area (Å²) in [7, 11) is 0. The normalized spacial score (nSPS) is 12.9. The molecule has 2 aromatic carbocycles. The third-order valence-electron chi connectivity index (χ3n) is 4.75. The van der Waals surface area contributed by atoms with Crippen molar-refractivity contribution < 1.29 is 27.4 Å². The van der Waals surface area contributed by atoms with Crippen LogP contribution in [0.2, 0.25) is 0 Å². The fourth-order valence-electron chi connectivity index (χ4n) is 3.16. The van der Waals surface area contributed by atoms with Crippen LogP contribution in [0.25, 0.3) is 16.4 Å². The molecule has 0 radical (unpaired) electrons. The zero-order chi connectivity index (χ0) is 23.7. The van der Waals surface area contributed by atoms with Gasteiger partial charge in [0.25, 0.3) is 5.91 Å². The number of carbonyl (C=O) groups excluding carboxylic acids is 1. The van der Waals surface area contributed by atoms with Gasteiger partial charge in [0, 0.05) is 10.9 Å². The molecule has 4 aromatic rings. The number of hydrazone groups is 1. The summed E-state index contributed by atoms with van der Waals surface area (Å²) in [5.74, 6) is 0.577. The molecule has 8 nitrogen and oxygen atoms in total. The molecule has 1 N–H and O–H groups in total. The van der Waals surface area contributed by atoms with E-state index in [0.29, 0.717) is 22.6 Å². The van der Waals surface area contributed by atoms with Crippen molar-refractivity contribution in [2.24, 2.45) is 5.10 Å². The SMILES string of the molecule is O=C(N/N=C\c1ccc2c(c1)OCO2)c1csc(-n2nc(C(F)(F)F)cc2-c2ccccc2)n1. The highest BCUT2D eigenvalue weighted by molar-refractivity contribution is 7.12. The lowest BCUT2D eigenvalue weighted by atomic mass is 10.1. The zero-order valence-electron chi connectivity index (χ0n) is 17.1. The molecular formula is C22H14F3N5O3S. The van der Waals surface area contributed by atoms with Crippen molar-refractivity contribution in [1.82, 2.24) is 20.2 Å². The molecule has 0 bridgehead atoms. The Morgan fingerprint density at radius 3 is 2.71 bits per heavy atom. The van der Waals surface area contributed by atoms with Gasteiger partial charge in [-0.1, -0.05) is 30.3 Å². The van der Waals surface area contributed by atoms with E-state index in [0.717, 1.165) is 22.1 Å². The Hall–Kier alpha value is -4.19. The molecule has 3 heterocycles. The van der Waals surface area contributed by atoms with E-state index in [1.54, 1.807) is 48.5 Å². The summed E-state index contributed by atoms with van der Waals surface area (Å²) in [6, 6.07) is 14.6. The van der Waals surface area contributed by atoms with Gasteiger partial charge in [0.1, 0.15) is 5.69 Å². The summed E-state index contributed by atoms with van der Waals surface area (Å²) in [5, 5.41) is 9.12. The third kappa shape index (κ3) is 4.35. The molecule has 2 aromatic heterocycles. The van der Waals surface area contributed by atoms with Crippen molar-refractivity contribution in [2.75, 3.05) is 6.79 Å². The molecule has 1 aliphatic rings. The second-order valence-corrected chi connectivity index (χ2v) is 7.85. The number of nitrogens with zero attached hydrogens (tertiary/aromatic N) is 4. The second-order valence-electron chi connectivity index (χ2n) is 7.02. The minimum absolute atomic E-state index is 0.00842. The topological polar surface area (TPSA) is 90.6 Å². The first-order valence-electron chi connectivity index (χ1n) is 9.80. The van der Waals surface area contributed by atoms with Gasteiger partial charge in [-0.3, -0.25) is 4.79 Å². The van der Waals surface area contributed by atoms with E-state index >= 15 is 0 Å². The summed E-state index contributed by atoms with van der Waals surface area (Å²) >= 11 is 0.986. The molecule has 0 unspecified atom stereocenters. The molecular weight excluding hydrogens is 471 g/mol. The fourth-order valence-corrected chi connectivity index (χ4v) is 3.93. The first-order valence-corrected chi connectivity index (χ1v) is 10.7. The number of thiazole rings is 1. The predicted molar refractivity (Wildman–Crippen MR) is 117 cm³/mol. The summed E-state index contributed by atoms with van der Waals surface area (Å²) in [4.78, 5) is 16.6. The first-order chi connectivity index (χ1) is 16.4. The lowest BCUT2D eigenvalue weighted by Gasteiger charge is -2.03. The van der Waals surface area contributed by atoms with E-state index in [1.807, 2.05) is 0 Å². The molecule has 34 heavy (non-hydrogen) atoms. The second kappa shape index (κ2) is 8.63. The van der Waals surface area contributed by atoms with Crippen LogP contribution in [-0.4, -0.2) is 33.7 Å². The zero-order valence-corrected chi connectivity index (χ0v) is 17.9. The first kappa shape index (κ1) is 21.6. The van der Waals surface area contributed by atoms with Crippen LogP contribution in [0.15, 0.2) is 65.1 Å². The molecule has 0 saturated heterocycles. The monoisotopic (exact) mass is 485 g/mol. The van der Waals surface area contributed by atoms with E-state index in [2.05, 4.69) is 20.6 Å². The maximum atomic E-state index is 13.3. The van der Waals surface area contributed by atoms with Crippen LogP contribution in [0, 0.1) is 0 Å². The predicted octanol–water partition coefficient (Wildman–Crippen LogP) is 4.51. The smallest absolute Gasteiger partial charge is 0.435 e. The van der Waals surface area contributed by atoms with Gasteiger partial charge in [0.05, 0.1) is 11.9 Å². The van der Waals surface area contributed by atoms with Gasteiger partial charge >= 0.3 is 6.18 Å². The Balaban J connectivity index is 1.36. The highest BCUT2D eigenvalue weighted by Gasteiger charge is 2.35. The maximum Gasteiger partial charge on any atom is 0.435 e. The van der Waals surface area contributed by atoms with Crippen molar-refractivity contribution in [1.29, 1.82) is 0 Å². The molecule has 5 rings (SSSR count). The summed E-state index contributed by atoms with van der Waals surface area (Å²) in [5.41, 5.74) is 2.69. The highest BCUT2D eigenvalue weighted by atomic mass is 32.1. The number of ether oxygens (including phenoxy) is 2. The molecule has 172 valence electrons. The number of carbonyl (C=O) groups is 1. The molecule has 12 heteroatoms. The molecule has 0 aliphatic carbocycles. The molecule has 0 saturated carbocycles. The number of fused-ring (bicyclic) bond motifs is 1. The largest absolute Gasteiger partial charge is 0.454 e. The number of aromatic nitrogens is 3. The average molecular weight is 485 g/mol. The maximum absolute atomic E-state index is 13.3. The van der Waals surface area contributed by atoms with E-state index in [9.17, 15) is 18.0 Å². The number of nitrogens with one attached hydrogen (secondary N) is 1. The number of hydrogen-bond acceptors (Lipinski definition) is 7. The van der Waals surface area contributed by atoms with Gasteiger partial charge in [0.15, 0.2) is 17.2 Å². The molecule has 0 atom stereocenters. The quantitative estimate of drug-likeness (QED) is 0.332. The van der Waals surface area contributed by atoms with E-state index in [1.165, 1.54) is 11.6 Å². The Morgan fingerprint density at radius 1 is 1.12 bits per heavy atom. The van der Waals surface area contributed by atoms with Gasteiger partial charge in [-0.05, 0) is 29.8 Å². The lowest BCUT2D eigenvalue weighted by Crippen LogP contribution is -2.18. The van der Waals surface area contributed by atoms with Crippen LogP contribution >= 0.6 is 11.3 Å². The number of alkyl halides is 3. The van der Waals surface area contributed by atoms with Crippen LogP contribution < -0.4 is 14.9 Å². The highest BCUT2D eigenvalue weighted by Crippen LogP contribution is 2.34. The van der Waals surface area contributed by atoms with Crippen LogP contribution in [0.5, 0.6) is 11.5 Å². The van der Waals surface area contributed by atoms with Gasteiger partial charge in [-0.25, -0.2) is 15.1 Å². The van der Waals surface area contributed by atoms with Crippen LogP contribution in [0.1, 0.15) is 21.7 Å². The standard InChI is InChI=1S/C22H14F3N5O3S/c23-22(24,25)19-9-16(14-4-2-1-3-5-14)30(29-19)21-27-15(11-34-21)20(31)28-26-10-13-6-7-17-18(8-13)33-12-32-17/h1-11H,12H2,(H,28,31)/b26-10-. The van der Waals surface area contributed by atoms with Gasteiger partial charge < -0.3 is 9.47 Å². The van der Waals surface area contributed by atoms with Crippen LogP contribution in [-0.2, 0) is 6.18 Å². The summed E-state index contributed by atoms with van der Waals surface area (Å²) < 4.78 is 51.5. The minimum Gasteiger partial charge on any atom is -0.454 e. The van der Waals surface area contributed by atoms with E-state index in [-0.39, 0.29) is 23.3 Å². The Bertz CT molecular complexity index is 1380. The van der Waals surface area contributed by atoms with Gasteiger partial charge in [0.2, 0.25) is 11.9 Å². The van der Waals surface area contributed by atoms with Crippen molar-refractivity contribution in [3.63, 3.8) is 0 Å². The van der Waals surface area contributed by atoms with Gasteiger partial charge in [-0.2, -0.15) is 23.4 Å². The van der Waals surface area contributed by atoms with Crippen LogP contribution in [0.4, 0.5) is 13.2 Å². The summed E-state index contributed by atoms with van der Waals surface area (Å²) in [6.07, 6.45) is -3.21.